The Morgan fingerprint density at radius 3 is 2.17 bits per heavy atom. The molecule has 96 valence electrons. The van der Waals surface area contributed by atoms with Crippen LogP contribution in [0.4, 0.5) is 0 Å². The molecule has 2 atom stereocenters. The van der Waals surface area contributed by atoms with E-state index in [1.165, 1.54) is 10.4 Å². The summed E-state index contributed by atoms with van der Waals surface area (Å²) in [4.78, 5) is 2.25. The van der Waals surface area contributed by atoms with Crippen molar-refractivity contribution in [1.82, 2.24) is 0 Å². The van der Waals surface area contributed by atoms with Gasteiger partial charge < -0.3 is 5.11 Å². The molecule has 1 nitrogen and oxygen atoms in total. The largest absolute Gasteiger partial charge is 0.383 e. The number of aliphatic hydroxyl groups excluding tert-OH is 1. The predicted octanol–water partition coefficient (Wildman–Crippen LogP) is 4.65. The summed E-state index contributed by atoms with van der Waals surface area (Å²) >= 11 is 1.66. The van der Waals surface area contributed by atoms with Gasteiger partial charge in [0.2, 0.25) is 0 Å². The second-order valence-corrected chi connectivity index (χ2v) is 6.15. The minimum absolute atomic E-state index is 0.491. The lowest BCUT2D eigenvalue weighted by atomic mass is 9.96. The van der Waals surface area contributed by atoms with Crippen molar-refractivity contribution in [3.05, 3.63) is 57.3 Å². The quantitative estimate of drug-likeness (QED) is 0.848. The molecule has 1 N–H and O–H groups in total. The zero-order valence-electron chi connectivity index (χ0n) is 11.2. The van der Waals surface area contributed by atoms with Crippen LogP contribution in [-0.2, 0) is 0 Å². The Hall–Kier alpha value is -1.12. The van der Waals surface area contributed by atoms with Crippen molar-refractivity contribution in [3.63, 3.8) is 0 Å². The Morgan fingerprint density at radius 1 is 1.06 bits per heavy atom. The maximum atomic E-state index is 10.3. The lowest BCUT2D eigenvalue weighted by Gasteiger charge is -2.12. The van der Waals surface area contributed by atoms with E-state index in [0.717, 1.165) is 16.9 Å². The number of hydrogen-bond donors (Lipinski definition) is 1. The minimum Gasteiger partial charge on any atom is -0.383 e. The van der Waals surface area contributed by atoms with Gasteiger partial charge in [0.25, 0.3) is 0 Å². The number of aryl methyl sites for hydroxylation is 1. The van der Waals surface area contributed by atoms with Gasteiger partial charge in [-0.2, -0.15) is 0 Å². The average Bonchev–Trinajstić information content (AvgIpc) is 2.84. The zero-order valence-corrected chi connectivity index (χ0v) is 12.0. The van der Waals surface area contributed by atoms with Crippen LogP contribution in [0, 0.1) is 6.92 Å². The van der Waals surface area contributed by atoms with Crippen molar-refractivity contribution in [2.24, 2.45) is 0 Å². The highest BCUT2D eigenvalue weighted by Gasteiger charge is 2.12. The molecule has 0 bridgehead atoms. The Labute approximate surface area is 113 Å². The lowest BCUT2D eigenvalue weighted by Crippen LogP contribution is -1.98. The molecule has 18 heavy (non-hydrogen) atoms. The number of hydrogen-bond acceptors (Lipinski definition) is 2. The summed E-state index contributed by atoms with van der Waals surface area (Å²) < 4.78 is 0. The monoisotopic (exact) mass is 260 g/mol. The summed E-state index contributed by atoms with van der Waals surface area (Å²) in [7, 11) is 0. The summed E-state index contributed by atoms with van der Waals surface area (Å²) in [5, 5.41) is 10.3. The minimum atomic E-state index is -0.491. The van der Waals surface area contributed by atoms with Gasteiger partial charge in [0, 0.05) is 9.75 Å². The van der Waals surface area contributed by atoms with Gasteiger partial charge in [0.05, 0.1) is 0 Å². The van der Waals surface area contributed by atoms with Crippen molar-refractivity contribution in [1.29, 1.82) is 0 Å². The third-order valence-corrected chi connectivity index (χ3v) is 4.52. The molecule has 0 fully saturated rings. The van der Waals surface area contributed by atoms with Crippen LogP contribution in [-0.4, -0.2) is 5.11 Å². The third kappa shape index (κ3) is 2.82. The van der Waals surface area contributed by atoms with Crippen molar-refractivity contribution in [2.75, 3.05) is 0 Å². The summed E-state index contributed by atoms with van der Waals surface area (Å²) in [5.74, 6) is 0.583. The van der Waals surface area contributed by atoms with E-state index in [2.05, 4.69) is 39.0 Å². The highest BCUT2D eigenvalue weighted by Crippen LogP contribution is 2.29. The topological polar surface area (TPSA) is 20.2 Å². The molecule has 2 aromatic rings. The molecule has 0 aliphatic rings. The molecule has 0 saturated heterocycles. The van der Waals surface area contributed by atoms with Gasteiger partial charge in [-0.3, -0.25) is 0 Å². The Balaban J connectivity index is 2.19. The van der Waals surface area contributed by atoms with E-state index in [-0.39, 0.29) is 0 Å². The van der Waals surface area contributed by atoms with Crippen LogP contribution in [0.1, 0.15) is 53.2 Å². The molecular formula is C16H20OS. The van der Waals surface area contributed by atoms with E-state index in [1.54, 1.807) is 11.3 Å². The molecular weight excluding hydrogens is 240 g/mol. The van der Waals surface area contributed by atoms with Crippen LogP contribution in [0.25, 0.3) is 0 Å². The molecule has 0 amide bonds. The van der Waals surface area contributed by atoms with Crippen molar-refractivity contribution in [3.8, 4) is 0 Å². The van der Waals surface area contributed by atoms with E-state index in [0.29, 0.717) is 5.92 Å². The van der Waals surface area contributed by atoms with E-state index >= 15 is 0 Å². The molecule has 1 aromatic heterocycles. The van der Waals surface area contributed by atoms with Crippen LogP contribution in [0.2, 0.25) is 0 Å². The molecule has 2 unspecified atom stereocenters. The molecule has 0 spiro atoms. The SMILES string of the molecule is CCC(C)c1ccc(C(O)c2ccc(C)s2)cc1. The van der Waals surface area contributed by atoms with E-state index < -0.39 is 6.10 Å². The first-order chi connectivity index (χ1) is 8.61. The molecule has 0 aliphatic carbocycles. The zero-order chi connectivity index (χ0) is 13.1. The van der Waals surface area contributed by atoms with Crippen molar-refractivity contribution in [2.45, 2.75) is 39.2 Å². The van der Waals surface area contributed by atoms with Crippen LogP contribution >= 0.6 is 11.3 Å². The van der Waals surface area contributed by atoms with Crippen molar-refractivity contribution >= 4 is 11.3 Å². The van der Waals surface area contributed by atoms with Crippen LogP contribution in [0.5, 0.6) is 0 Å². The fourth-order valence-electron chi connectivity index (χ4n) is 2.01. The normalized spacial score (nSPS) is 14.4. The highest BCUT2D eigenvalue weighted by atomic mass is 32.1. The summed E-state index contributed by atoms with van der Waals surface area (Å²) in [6.45, 7) is 6.49. The molecule has 0 saturated carbocycles. The van der Waals surface area contributed by atoms with E-state index in [9.17, 15) is 5.11 Å². The summed E-state index contributed by atoms with van der Waals surface area (Å²) in [5.41, 5.74) is 2.32. The Bertz CT molecular complexity index is 498. The van der Waals surface area contributed by atoms with Gasteiger partial charge in [-0.05, 0) is 42.5 Å². The summed E-state index contributed by atoms with van der Waals surface area (Å²) in [6, 6.07) is 12.4. The van der Waals surface area contributed by atoms with E-state index in [1.807, 2.05) is 18.2 Å². The highest BCUT2D eigenvalue weighted by molar-refractivity contribution is 7.12. The maximum Gasteiger partial charge on any atom is 0.113 e. The number of benzene rings is 1. The fourth-order valence-corrected chi connectivity index (χ4v) is 2.90. The summed E-state index contributed by atoms with van der Waals surface area (Å²) in [6.07, 6.45) is 0.654. The first-order valence-electron chi connectivity index (χ1n) is 6.46. The number of thiophene rings is 1. The second-order valence-electron chi connectivity index (χ2n) is 4.83. The smallest absolute Gasteiger partial charge is 0.113 e. The molecule has 0 aliphatic heterocycles. The van der Waals surface area contributed by atoms with Gasteiger partial charge in [-0.25, -0.2) is 0 Å². The first-order valence-corrected chi connectivity index (χ1v) is 7.27. The molecule has 1 aromatic carbocycles. The van der Waals surface area contributed by atoms with Crippen LogP contribution < -0.4 is 0 Å². The van der Waals surface area contributed by atoms with Crippen LogP contribution in [0.15, 0.2) is 36.4 Å². The van der Waals surface area contributed by atoms with Gasteiger partial charge in [0.15, 0.2) is 0 Å². The average molecular weight is 260 g/mol. The fraction of sp³-hybridized carbons (Fsp3) is 0.375. The van der Waals surface area contributed by atoms with Crippen LogP contribution in [0.3, 0.4) is 0 Å². The van der Waals surface area contributed by atoms with Gasteiger partial charge in [-0.15, -0.1) is 11.3 Å². The number of rotatable bonds is 4. The molecule has 2 heteroatoms. The first kappa shape index (κ1) is 13.3. The maximum absolute atomic E-state index is 10.3. The second kappa shape index (κ2) is 5.68. The van der Waals surface area contributed by atoms with E-state index in [4.69, 9.17) is 0 Å². The third-order valence-electron chi connectivity index (χ3n) is 3.46. The molecule has 0 radical (unpaired) electrons. The van der Waals surface area contributed by atoms with Gasteiger partial charge >= 0.3 is 0 Å². The van der Waals surface area contributed by atoms with Crippen molar-refractivity contribution < 1.29 is 5.11 Å². The number of aliphatic hydroxyl groups is 1. The predicted molar refractivity (Wildman–Crippen MR) is 78.3 cm³/mol. The molecule has 1 heterocycles. The lowest BCUT2D eigenvalue weighted by molar-refractivity contribution is 0.224. The Kier molecular flexibility index (Phi) is 4.20. The van der Waals surface area contributed by atoms with Gasteiger partial charge in [0.1, 0.15) is 6.10 Å². The Morgan fingerprint density at radius 2 is 1.67 bits per heavy atom. The molecule has 2 rings (SSSR count). The standard InChI is InChI=1S/C16H20OS/c1-4-11(2)13-6-8-14(9-7-13)16(17)15-10-5-12(3)18-15/h5-11,16-17H,4H2,1-3H3. The van der Waals surface area contributed by atoms with Gasteiger partial charge in [-0.1, -0.05) is 38.1 Å².